The summed E-state index contributed by atoms with van der Waals surface area (Å²) in [6, 6.07) is 4.24. The zero-order chi connectivity index (χ0) is 13.7. The monoisotopic (exact) mass is 254 g/mol. The Morgan fingerprint density at radius 1 is 1.33 bits per heavy atom. The van der Waals surface area contributed by atoms with E-state index in [9.17, 15) is 4.39 Å². The average molecular weight is 254 g/mol. The summed E-state index contributed by atoms with van der Waals surface area (Å²) in [7, 11) is 5.83. The molecule has 1 rings (SSSR count). The van der Waals surface area contributed by atoms with E-state index in [0.717, 1.165) is 18.8 Å². The van der Waals surface area contributed by atoms with Gasteiger partial charge in [-0.25, -0.2) is 4.39 Å². The second kappa shape index (κ2) is 6.20. The molecule has 0 unspecified atom stereocenters. The molecule has 0 amide bonds. The highest BCUT2D eigenvalue weighted by Crippen LogP contribution is 2.20. The van der Waals surface area contributed by atoms with Crippen molar-refractivity contribution in [2.24, 2.45) is 10.9 Å². The van der Waals surface area contributed by atoms with E-state index >= 15 is 0 Å². The Labute approximate surface area is 106 Å². The van der Waals surface area contributed by atoms with Crippen LogP contribution in [0.5, 0.6) is 0 Å². The Kier molecular flexibility index (Phi) is 4.91. The number of halogens is 1. The molecule has 0 saturated carbocycles. The van der Waals surface area contributed by atoms with Crippen molar-refractivity contribution in [1.29, 1.82) is 0 Å². The summed E-state index contributed by atoms with van der Waals surface area (Å²) in [6.45, 7) is 1.60. The van der Waals surface area contributed by atoms with Gasteiger partial charge >= 0.3 is 0 Å². The predicted octanol–water partition coefficient (Wildman–Crippen LogP) is 0.918. The predicted molar refractivity (Wildman–Crippen MR) is 70.7 cm³/mol. The molecule has 0 aliphatic carbocycles. The van der Waals surface area contributed by atoms with Gasteiger partial charge < -0.3 is 20.7 Å². The number of hydrogen-bond acceptors (Lipinski definition) is 4. The zero-order valence-corrected chi connectivity index (χ0v) is 10.9. The van der Waals surface area contributed by atoms with Gasteiger partial charge in [-0.1, -0.05) is 5.16 Å². The largest absolute Gasteiger partial charge is 0.409 e. The standard InChI is InChI=1S/C12H19FN4O/c1-16(2)6-7-17(3)11-5-4-9(13)8-10(11)12(14)15-18/h4-5,8,18H,6-7H2,1-3H3,(H2,14,15). The minimum Gasteiger partial charge on any atom is -0.409 e. The van der Waals surface area contributed by atoms with Gasteiger partial charge in [0.2, 0.25) is 0 Å². The van der Waals surface area contributed by atoms with Gasteiger partial charge in [-0.2, -0.15) is 0 Å². The van der Waals surface area contributed by atoms with Gasteiger partial charge in [-0.3, -0.25) is 0 Å². The quantitative estimate of drug-likeness (QED) is 0.355. The first kappa shape index (κ1) is 14.2. The minimum absolute atomic E-state index is 0.0961. The molecule has 0 bridgehead atoms. The van der Waals surface area contributed by atoms with Crippen LogP contribution in [0.3, 0.4) is 0 Å². The van der Waals surface area contributed by atoms with Crippen molar-refractivity contribution in [2.75, 3.05) is 39.1 Å². The van der Waals surface area contributed by atoms with Crippen LogP contribution in [-0.2, 0) is 0 Å². The van der Waals surface area contributed by atoms with Crippen LogP contribution in [0.25, 0.3) is 0 Å². The molecule has 0 radical (unpaired) electrons. The molecule has 1 aromatic carbocycles. The lowest BCUT2D eigenvalue weighted by atomic mass is 10.1. The van der Waals surface area contributed by atoms with Crippen LogP contribution in [0.2, 0.25) is 0 Å². The van der Waals surface area contributed by atoms with Crippen LogP contribution in [-0.4, -0.2) is 50.2 Å². The maximum atomic E-state index is 13.2. The third-order valence-electron chi connectivity index (χ3n) is 2.64. The van der Waals surface area contributed by atoms with Gasteiger partial charge in [0.25, 0.3) is 0 Å². The fourth-order valence-electron chi connectivity index (χ4n) is 1.57. The van der Waals surface area contributed by atoms with E-state index in [1.54, 1.807) is 6.07 Å². The van der Waals surface area contributed by atoms with Crippen LogP contribution in [0.4, 0.5) is 10.1 Å². The molecule has 0 aliphatic rings. The van der Waals surface area contributed by atoms with Gasteiger partial charge in [0.05, 0.1) is 0 Å². The lowest BCUT2D eigenvalue weighted by molar-refractivity contribution is 0.318. The van der Waals surface area contributed by atoms with Gasteiger partial charge in [0, 0.05) is 31.4 Å². The van der Waals surface area contributed by atoms with Crippen molar-refractivity contribution in [3.8, 4) is 0 Å². The third kappa shape index (κ3) is 3.59. The van der Waals surface area contributed by atoms with E-state index < -0.39 is 5.82 Å². The number of amidine groups is 1. The van der Waals surface area contributed by atoms with E-state index in [1.807, 2.05) is 30.9 Å². The van der Waals surface area contributed by atoms with Crippen molar-refractivity contribution in [3.63, 3.8) is 0 Å². The Bertz CT molecular complexity index is 434. The van der Waals surface area contributed by atoms with Gasteiger partial charge in [0.1, 0.15) is 5.82 Å². The Morgan fingerprint density at radius 3 is 2.56 bits per heavy atom. The van der Waals surface area contributed by atoms with Gasteiger partial charge in [-0.15, -0.1) is 0 Å². The number of anilines is 1. The second-order valence-electron chi connectivity index (χ2n) is 4.37. The number of benzene rings is 1. The lowest BCUT2D eigenvalue weighted by Gasteiger charge is -2.23. The van der Waals surface area contributed by atoms with Crippen molar-refractivity contribution in [1.82, 2.24) is 4.90 Å². The van der Waals surface area contributed by atoms with Crippen molar-refractivity contribution < 1.29 is 9.60 Å². The molecule has 5 nitrogen and oxygen atoms in total. The van der Waals surface area contributed by atoms with Crippen LogP contribution in [0.15, 0.2) is 23.4 Å². The van der Waals surface area contributed by atoms with Crippen molar-refractivity contribution in [2.45, 2.75) is 0 Å². The number of oxime groups is 1. The summed E-state index contributed by atoms with van der Waals surface area (Å²) in [5.74, 6) is -0.512. The summed E-state index contributed by atoms with van der Waals surface area (Å²) in [4.78, 5) is 3.98. The first-order valence-corrected chi connectivity index (χ1v) is 5.59. The molecular formula is C12H19FN4O. The molecule has 0 saturated heterocycles. The molecule has 1 aromatic rings. The first-order valence-electron chi connectivity index (χ1n) is 5.59. The maximum Gasteiger partial charge on any atom is 0.172 e. The highest BCUT2D eigenvalue weighted by molar-refractivity contribution is 6.02. The SMILES string of the molecule is CN(C)CCN(C)c1ccc(F)cc1C(N)=NO. The minimum atomic E-state index is -0.415. The Balaban J connectivity index is 3.00. The highest BCUT2D eigenvalue weighted by atomic mass is 19.1. The number of likely N-dealkylation sites (N-methyl/N-ethyl adjacent to an activating group) is 2. The lowest BCUT2D eigenvalue weighted by Crippen LogP contribution is -2.30. The second-order valence-corrected chi connectivity index (χ2v) is 4.37. The molecule has 0 spiro atoms. The fourth-order valence-corrected chi connectivity index (χ4v) is 1.57. The van der Waals surface area contributed by atoms with Crippen molar-refractivity contribution >= 4 is 11.5 Å². The number of nitrogens with zero attached hydrogens (tertiary/aromatic N) is 3. The average Bonchev–Trinajstić information content (AvgIpc) is 2.34. The summed E-state index contributed by atoms with van der Waals surface area (Å²) < 4.78 is 13.2. The van der Waals surface area contributed by atoms with Crippen molar-refractivity contribution in [3.05, 3.63) is 29.6 Å². The van der Waals surface area contributed by atoms with E-state index in [-0.39, 0.29) is 5.84 Å². The molecule has 100 valence electrons. The highest BCUT2D eigenvalue weighted by Gasteiger charge is 2.12. The molecule has 0 aromatic heterocycles. The topological polar surface area (TPSA) is 65.1 Å². The third-order valence-corrected chi connectivity index (χ3v) is 2.64. The van der Waals surface area contributed by atoms with Crippen LogP contribution < -0.4 is 10.6 Å². The Morgan fingerprint density at radius 2 is 2.00 bits per heavy atom. The van der Waals surface area contributed by atoms with Crippen LogP contribution >= 0.6 is 0 Å². The summed E-state index contributed by atoms with van der Waals surface area (Å²) in [5, 5.41) is 11.6. The molecule has 0 atom stereocenters. The normalized spacial score (nSPS) is 11.9. The molecule has 0 fully saturated rings. The summed E-state index contributed by atoms with van der Waals surface area (Å²) in [6.07, 6.45) is 0. The molecule has 3 N–H and O–H groups in total. The molecule has 6 heteroatoms. The van der Waals surface area contributed by atoms with Gasteiger partial charge in [0.15, 0.2) is 5.84 Å². The fraction of sp³-hybridized carbons (Fsp3) is 0.417. The smallest absolute Gasteiger partial charge is 0.172 e. The summed E-state index contributed by atoms with van der Waals surface area (Å²) in [5.41, 5.74) is 6.67. The van der Waals surface area contributed by atoms with E-state index in [1.165, 1.54) is 12.1 Å². The van der Waals surface area contributed by atoms with Gasteiger partial charge in [-0.05, 0) is 32.3 Å². The van der Waals surface area contributed by atoms with E-state index in [2.05, 4.69) is 5.16 Å². The first-order chi connectivity index (χ1) is 8.45. The summed E-state index contributed by atoms with van der Waals surface area (Å²) >= 11 is 0. The Hall–Kier alpha value is -1.82. The number of hydrogen-bond donors (Lipinski definition) is 2. The van der Waals surface area contributed by atoms with E-state index in [0.29, 0.717) is 5.56 Å². The molecular weight excluding hydrogens is 235 g/mol. The number of nitrogens with two attached hydrogens (primary N) is 1. The van der Waals surface area contributed by atoms with Crippen LogP contribution in [0, 0.1) is 5.82 Å². The van der Waals surface area contributed by atoms with Crippen LogP contribution in [0.1, 0.15) is 5.56 Å². The molecule has 0 aliphatic heterocycles. The molecule has 18 heavy (non-hydrogen) atoms. The zero-order valence-electron chi connectivity index (χ0n) is 10.9. The number of rotatable bonds is 5. The van der Waals surface area contributed by atoms with E-state index in [4.69, 9.17) is 10.9 Å². The molecule has 0 heterocycles. The maximum absolute atomic E-state index is 13.2.